The van der Waals surface area contributed by atoms with E-state index in [2.05, 4.69) is 31.0 Å². The third-order valence-electron chi connectivity index (χ3n) is 3.82. The van der Waals surface area contributed by atoms with Gasteiger partial charge in [0.25, 0.3) is 0 Å². The van der Waals surface area contributed by atoms with Crippen LogP contribution in [0, 0.1) is 0 Å². The van der Waals surface area contributed by atoms with Gasteiger partial charge in [-0.1, -0.05) is 32.1 Å². The molecule has 0 radical (unpaired) electrons. The van der Waals surface area contributed by atoms with Crippen LogP contribution in [0.1, 0.15) is 43.5 Å². The maximum Gasteiger partial charge on any atom is 0.235 e. The average Bonchev–Trinajstić information content (AvgIpc) is 3.04. The predicted molar refractivity (Wildman–Crippen MR) is 87.1 cm³/mol. The Hall–Kier alpha value is -1.47. The highest BCUT2D eigenvalue weighted by Crippen LogP contribution is 2.44. The number of anilines is 1. The lowest BCUT2D eigenvalue weighted by Gasteiger charge is -2.13. The van der Waals surface area contributed by atoms with E-state index in [1.807, 2.05) is 4.52 Å². The Morgan fingerprint density at radius 3 is 2.71 bits per heavy atom. The fourth-order valence-electron chi connectivity index (χ4n) is 2.85. The number of hydrogen-bond donors (Lipinski definition) is 1. The first-order chi connectivity index (χ1) is 9.95. The highest BCUT2D eigenvalue weighted by atomic mass is 32.1. The Kier molecular flexibility index (Phi) is 2.68. The molecule has 0 aliphatic heterocycles. The van der Waals surface area contributed by atoms with Crippen LogP contribution >= 0.6 is 22.7 Å². The lowest BCUT2D eigenvalue weighted by molar-refractivity contribution is 0.528. The standard InChI is InChI=1S/C14H17N5S2/c1-14(2,3)12-16-17-13-19(12)18-11(21-13)9-7-5-4-6-8(7)20-10(9)15/h4-6,15H2,1-3H3. The third kappa shape index (κ3) is 1.91. The molecule has 0 spiro atoms. The van der Waals surface area contributed by atoms with Crippen LogP contribution in [0.2, 0.25) is 0 Å². The zero-order valence-corrected chi connectivity index (χ0v) is 13.9. The van der Waals surface area contributed by atoms with E-state index in [-0.39, 0.29) is 5.41 Å². The Morgan fingerprint density at radius 2 is 1.95 bits per heavy atom. The second-order valence-electron chi connectivity index (χ2n) is 6.47. The van der Waals surface area contributed by atoms with E-state index < -0.39 is 0 Å². The number of nitrogens with zero attached hydrogens (tertiary/aromatic N) is 4. The number of hydrogen-bond acceptors (Lipinski definition) is 6. The van der Waals surface area contributed by atoms with Gasteiger partial charge >= 0.3 is 0 Å². The van der Waals surface area contributed by atoms with Gasteiger partial charge < -0.3 is 5.73 Å². The number of aromatic nitrogens is 4. The van der Waals surface area contributed by atoms with E-state index in [4.69, 9.17) is 10.8 Å². The summed E-state index contributed by atoms with van der Waals surface area (Å²) in [5.41, 5.74) is 8.71. The predicted octanol–water partition coefficient (Wildman–Crippen LogP) is 3.28. The minimum atomic E-state index is -0.0765. The van der Waals surface area contributed by atoms with Crippen LogP contribution in [0.25, 0.3) is 15.5 Å². The molecule has 0 fully saturated rings. The topological polar surface area (TPSA) is 69.1 Å². The Morgan fingerprint density at radius 1 is 1.14 bits per heavy atom. The van der Waals surface area contributed by atoms with Crippen LogP contribution in [-0.2, 0) is 18.3 Å². The number of rotatable bonds is 1. The third-order valence-corrected chi connectivity index (χ3v) is 5.86. The zero-order valence-electron chi connectivity index (χ0n) is 12.3. The molecule has 3 aromatic heterocycles. The molecule has 7 heteroatoms. The fraction of sp³-hybridized carbons (Fsp3) is 0.500. The number of thiophene rings is 1. The maximum absolute atomic E-state index is 6.24. The summed E-state index contributed by atoms with van der Waals surface area (Å²) in [7, 11) is 0. The van der Waals surface area contributed by atoms with Crippen molar-refractivity contribution >= 4 is 32.6 Å². The molecule has 2 N–H and O–H groups in total. The second kappa shape index (κ2) is 4.27. The van der Waals surface area contributed by atoms with Gasteiger partial charge in [0, 0.05) is 10.3 Å². The number of nitrogens with two attached hydrogens (primary N) is 1. The quantitative estimate of drug-likeness (QED) is 0.747. The van der Waals surface area contributed by atoms with Gasteiger partial charge in [-0.05, 0) is 24.8 Å². The lowest BCUT2D eigenvalue weighted by atomic mass is 9.96. The Bertz CT molecular complexity index is 834. The van der Waals surface area contributed by atoms with Crippen molar-refractivity contribution in [2.45, 2.75) is 45.4 Å². The van der Waals surface area contributed by atoms with Crippen LogP contribution in [-0.4, -0.2) is 19.8 Å². The van der Waals surface area contributed by atoms with Crippen molar-refractivity contribution < 1.29 is 0 Å². The summed E-state index contributed by atoms with van der Waals surface area (Å²) >= 11 is 3.30. The van der Waals surface area contributed by atoms with Gasteiger partial charge in [0.15, 0.2) is 10.8 Å². The molecule has 1 aliphatic carbocycles. The van der Waals surface area contributed by atoms with Crippen molar-refractivity contribution in [1.29, 1.82) is 0 Å². The van der Waals surface area contributed by atoms with E-state index in [1.54, 1.807) is 22.7 Å². The van der Waals surface area contributed by atoms with E-state index in [9.17, 15) is 0 Å². The minimum Gasteiger partial charge on any atom is -0.390 e. The first-order valence-electron chi connectivity index (χ1n) is 7.08. The summed E-state index contributed by atoms with van der Waals surface area (Å²) in [5, 5.41) is 15.2. The van der Waals surface area contributed by atoms with Gasteiger partial charge in [0.2, 0.25) is 4.96 Å². The summed E-state index contributed by atoms with van der Waals surface area (Å²) in [4.78, 5) is 2.27. The van der Waals surface area contributed by atoms with Crippen molar-refractivity contribution in [3.63, 3.8) is 0 Å². The lowest BCUT2D eigenvalue weighted by Crippen LogP contribution is -2.16. The van der Waals surface area contributed by atoms with Crippen molar-refractivity contribution in [3.05, 3.63) is 16.3 Å². The molecule has 4 rings (SSSR count). The monoisotopic (exact) mass is 319 g/mol. The van der Waals surface area contributed by atoms with Gasteiger partial charge in [-0.2, -0.15) is 9.61 Å². The molecule has 3 aromatic rings. The fourth-order valence-corrected chi connectivity index (χ4v) is 5.00. The summed E-state index contributed by atoms with van der Waals surface area (Å²) in [5.74, 6) is 0.894. The van der Waals surface area contributed by atoms with Gasteiger partial charge in [-0.15, -0.1) is 21.5 Å². The molecular formula is C14H17N5S2. The SMILES string of the molecule is CC(C)(C)c1nnc2sc(-c3c(N)sc4c3CCC4)nn12. The first kappa shape index (κ1) is 13.2. The zero-order chi connectivity index (χ0) is 14.8. The normalized spacial score (nSPS) is 15.0. The molecule has 110 valence electrons. The van der Waals surface area contributed by atoms with Gasteiger partial charge in [-0.25, -0.2) is 0 Å². The van der Waals surface area contributed by atoms with Crippen molar-refractivity contribution in [2.24, 2.45) is 0 Å². The van der Waals surface area contributed by atoms with Gasteiger partial charge in [-0.3, -0.25) is 0 Å². The highest BCUT2D eigenvalue weighted by Gasteiger charge is 2.27. The van der Waals surface area contributed by atoms with E-state index >= 15 is 0 Å². The van der Waals surface area contributed by atoms with Gasteiger partial charge in [0.1, 0.15) is 0 Å². The molecular weight excluding hydrogens is 302 g/mol. The first-order valence-corrected chi connectivity index (χ1v) is 8.71. The molecule has 0 saturated carbocycles. The maximum atomic E-state index is 6.24. The van der Waals surface area contributed by atoms with E-state index in [0.717, 1.165) is 39.2 Å². The second-order valence-corrected chi connectivity index (χ2v) is 8.56. The number of nitrogen functional groups attached to an aromatic ring is 1. The van der Waals surface area contributed by atoms with Crippen LogP contribution in [0.3, 0.4) is 0 Å². The number of fused-ring (bicyclic) bond motifs is 2. The van der Waals surface area contributed by atoms with Crippen LogP contribution < -0.4 is 5.73 Å². The largest absolute Gasteiger partial charge is 0.390 e. The van der Waals surface area contributed by atoms with Crippen molar-refractivity contribution in [2.75, 3.05) is 5.73 Å². The smallest absolute Gasteiger partial charge is 0.235 e. The molecule has 3 heterocycles. The summed E-state index contributed by atoms with van der Waals surface area (Å²) < 4.78 is 1.87. The van der Waals surface area contributed by atoms with E-state index in [1.165, 1.54) is 16.9 Å². The molecule has 0 bridgehead atoms. The molecule has 0 amide bonds. The van der Waals surface area contributed by atoms with Crippen LogP contribution in [0.5, 0.6) is 0 Å². The summed E-state index contributed by atoms with van der Waals surface area (Å²) in [6.07, 6.45) is 3.50. The summed E-state index contributed by atoms with van der Waals surface area (Å²) in [6.45, 7) is 6.37. The van der Waals surface area contributed by atoms with Crippen LogP contribution in [0.4, 0.5) is 5.00 Å². The number of aryl methyl sites for hydroxylation is 1. The molecule has 0 unspecified atom stereocenters. The molecule has 0 saturated heterocycles. The molecule has 0 atom stereocenters. The Balaban J connectivity index is 1.91. The minimum absolute atomic E-state index is 0.0765. The Labute approximate surface area is 130 Å². The average molecular weight is 319 g/mol. The van der Waals surface area contributed by atoms with Crippen molar-refractivity contribution in [1.82, 2.24) is 19.8 Å². The van der Waals surface area contributed by atoms with Gasteiger partial charge in [0.05, 0.1) is 10.6 Å². The molecule has 0 aromatic carbocycles. The highest BCUT2D eigenvalue weighted by molar-refractivity contribution is 7.21. The summed E-state index contributed by atoms with van der Waals surface area (Å²) in [6, 6.07) is 0. The van der Waals surface area contributed by atoms with Crippen LogP contribution in [0.15, 0.2) is 0 Å². The van der Waals surface area contributed by atoms with E-state index in [0.29, 0.717) is 0 Å². The molecule has 5 nitrogen and oxygen atoms in total. The molecule has 21 heavy (non-hydrogen) atoms. The molecule has 1 aliphatic rings. The van der Waals surface area contributed by atoms with Crippen molar-refractivity contribution in [3.8, 4) is 10.6 Å².